The number of rotatable bonds is 0. The summed E-state index contributed by atoms with van der Waals surface area (Å²) in [5.41, 5.74) is 4.62. The average Bonchev–Trinajstić information content (AvgIpc) is 2.35. The summed E-state index contributed by atoms with van der Waals surface area (Å²) in [5.74, 6) is 0. The van der Waals surface area contributed by atoms with Gasteiger partial charge < -0.3 is 4.98 Å². The molecular weight excluding hydrogens is 148 g/mol. The maximum Gasteiger partial charge on any atom is 0.137 e. The van der Waals surface area contributed by atoms with Gasteiger partial charge >= 0.3 is 0 Å². The van der Waals surface area contributed by atoms with E-state index in [1.54, 1.807) is 0 Å². The molecule has 2 rings (SSSR count). The fourth-order valence-corrected chi connectivity index (χ4v) is 1.37. The molecule has 0 aromatic carbocycles. The van der Waals surface area contributed by atoms with Gasteiger partial charge in [0.2, 0.25) is 0 Å². The molecule has 0 aliphatic rings. The first-order valence-corrected chi connectivity index (χ1v) is 4.10. The summed E-state index contributed by atoms with van der Waals surface area (Å²) >= 11 is 0. The van der Waals surface area contributed by atoms with Crippen LogP contribution in [0.2, 0.25) is 0 Å². The number of pyridine rings is 1. The molecule has 0 fully saturated rings. The van der Waals surface area contributed by atoms with Crippen LogP contribution in [-0.2, 0) is 0 Å². The zero-order valence-electron chi connectivity index (χ0n) is 7.60. The first-order valence-electron chi connectivity index (χ1n) is 4.10. The van der Waals surface area contributed by atoms with Crippen molar-refractivity contribution in [2.75, 3.05) is 0 Å². The molecule has 1 N–H and O–H groups in total. The van der Waals surface area contributed by atoms with Crippen molar-refractivity contribution in [3.8, 4) is 0 Å². The van der Waals surface area contributed by atoms with E-state index in [4.69, 9.17) is 0 Å². The van der Waals surface area contributed by atoms with Crippen molar-refractivity contribution in [1.82, 2.24) is 9.97 Å². The topological polar surface area (TPSA) is 28.7 Å². The lowest BCUT2D eigenvalue weighted by atomic mass is 10.1. The van der Waals surface area contributed by atoms with E-state index in [1.807, 2.05) is 13.1 Å². The molecule has 62 valence electrons. The van der Waals surface area contributed by atoms with Gasteiger partial charge in [0.1, 0.15) is 5.65 Å². The van der Waals surface area contributed by atoms with Crippen molar-refractivity contribution in [1.29, 1.82) is 0 Å². The third-order valence-electron chi connectivity index (χ3n) is 2.32. The standard InChI is InChI=1S/C10H12N2/c1-6-4-9-7(2)5-11-10(9)12-8(6)3/h4-5H,1-3H3,(H,11,12). The minimum atomic E-state index is 0.996. The van der Waals surface area contributed by atoms with Crippen LogP contribution >= 0.6 is 0 Å². The van der Waals surface area contributed by atoms with Crippen LogP contribution in [0.25, 0.3) is 11.0 Å². The lowest BCUT2D eigenvalue weighted by Crippen LogP contribution is -1.86. The summed E-state index contributed by atoms with van der Waals surface area (Å²) in [4.78, 5) is 7.59. The van der Waals surface area contributed by atoms with Crippen molar-refractivity contribution < 1.29 is 0 Å². The number of aromatic nitrogens is 2. The molecule has 0 radical (unpaired) electrons. The van der Waals surface area contributed by atoms with E-state index in [9.17, 15) is 0 Å². The van der Waals surface area contributed by atoms with Gasteiger partial charge in [-0.3, -0.25) is 0 Å². The highest BCUT2D eigenvalue weighted by Gasteiger charge is 2.02. The molecule has 0 saturated heterocycles. The van der Waals surface area contributed by atoms with E-state index in [1.165, 1.54) is 16.5 Å². The molecule has 0 spiro atoms. The lowest BCUT2D eigenvalue weighted by Gasteiger charge is -1.98. The summed E-state index contributed by atoms with van der Waals surface area (Å²) in [7, 11) is 0. The van der Waals surface area contributed by atoms with Gasteiger partial charge in [-0.15, -0.1) is 0 Å². The first-order chi connectivity index (χ1) is 5.68. The third-order valence-corrected chi connectivity index (χ3v) is 2.32. The van der Waals surface area contributed by atoms with Crippen molar-refractivity contribution in [3.05, 3.63) is 29.1 Å². The highest BCUT2D eigenvalue weighted by Crippen LogP contribution is 2.18. The van der Waals surface area contributed by atoms with Crippen LogP contribution in [0, 0.1) is 20.8 Å². The van der Waals surface area contributed by atoms with E-state index < -0.39 is 0 Å². The summed E-state index contributed by atoms with van der Waals surface area (Å²) in [6.45, 7) is 6.22. The highest BCUT2D eigenvalue weighted by atomic mass is 14.8. The number of fused-ring (bicyclic) bond motifs is 1. The highest BCUT2D eigenvalue weighted by molar-refractivity contribution is 5.80. The average molecular weight is 160 g/mol. The Kier molecular flexibility index (Phi) is 1.43. The van der Waals surface area contributed by atoms with Gasteiger partial charge in [0, 0.05) is 17.3 Å². The van der Waals surface area contributed by atoms with Gasteiger partial charge in [0.25, 0.3) is 0 Å². The van der Waals surface area contributed by atoms with Crippen LogP contribution in [0.1, 0.15) is 16.8 Å². The van der Waals surface area contributed by atoms with Crippen molar-refractivity contribution in [2.45, 2.75) is 20.8 Å². The minimum absolute atomic E-state index is 0.996. The Morgan fingerprint density at radius 1 is 1.17 bits per heavy atom. The molecule has 2 aromatic rings. The van der Waals surface area contributed by atoms with Gasteiger partial charge in [-0.05, 0) is 38.0 Å². The number of hydrogen-bond acceptors (Lipinski definition) is 1. The van der Waals surface area contributed by atoms with Crippen LogP contribution in [-0.4, -0.2) is 9.97 Å². The number of nitrogens with one attached hydrogen (secondary N) is 1. The number of aromatic amines is 1. The second-order valence-corrected chi connectivity index (χ2v) is 3.26. The van der Waals surface area contributed by atoms with E-state index in [-0.39, 0.29) is 0 Å². The fourth-order valence-electron chi connectivity index (χ4n) is 1.37. The quantitative estimate of drug-likeness (QED) is 0.630. The summed E-state index contributed by atoms with van der Waals surface area (Å²) in [6, 6.07) is 2.18. The fraction of sp³-hybridized carbons (Fsp3) is 0.300. The Bertz CT molecular complexity index is 427. The van der Waals surface area contributed by atoms with Crippen LogP contribution in [0.15, 0.2) is 12.3 Å². The zero-order chi connectivity index (χ0) is 8.72. The second kappa shape index (κ2) is 2.34. The van der Waals surface area contributed by atoms with Crippen molar-refractivity contribution >= 4 is 11.0 Å². The third kappa shape index (κ3) is 0.916. The molecule has 0 saturated carbocycles. The van der Waals surface area contributed by atoms with Crippen LogP contribution in [0.4, 0.5) is 0 Å². The SMILES string of the molecule is Cc1cc2c(C)c[nH]c2nc1C. The number of hydrogen-bond donors (Lipinski definition) is 1. The molecule has 0 amide bonds. The predicted octanol–water partition coefficient (Wildman–Crippen LogP) is 2.49. The normalized spacial score (nSPS) is 10.9. The van der Waals surface area contributed by atoms with Crippen LogP contribution in [0.3, 0.4) is 0 Å². The van der Waals surface area contributed by atoms with Gasteiger partial charge in [-0.25, -0.2) is 4.98 Å². The largest absolute Gasteiger partial charge is 0.346 e. The Morgan fingerprint density at radius 2 is 1.92 bits per heavy atom. The Balaban J connectivity index is 2.87. The zero-order valence-corrected chi connectivity index (χ0v) is 7.60. The van der Waals surface area contributed by atoms with E-state index in [0.29, 0.717) is 0 Å². The van der Waals surface area contributed by atoms with Gasteiger partial charge in [0.05, 0.1) is 0 Å². The molecule has 2 nitrogen and oxygen atoms in total. The van der Waals surface area contributed by atoms with Gasteiger partial charge in [0.15, 0.2) is 0 Å². The molecule has 12 heavy (non-hydrogen) atoms. The first kappa shape index (κ1) is 7.35. The molecule has 0 aliphatic carbocycles. The Morgan fingerprint density at radius 3 is 2.67 bits per heavy atom. The number of H-pyrrole nitrogens is 1. The molecule has 0 atom stereocenters. The molecule has 0 aliphatic heterocycles. The second-order valence-electron chi connectivity index (χ2n) is 3.26. The van der Waals surface area contributed by atoms with Crippen molar-refractivity contribution in [3.63, 3.8) is 0 Å². The molecule has 2 aromatic heterocycles. The Labute approximate surface area is 71.6 Å². The smallest absolute Gasteiger partial charge is 0.137 e. The van der Waals surface area contributed by atoms with Gasteiger partial charge in [-0.2, -0.15) is 0 Å². The molecular formula is C10H12N2. The minimum Gasteiger partial charge on any atom is -0.346 e. The maximum absolute atomic E-state index is 4.44. The maximum atomic E-state index is 4.44. The molecule has 0 unspecified atom stereocenters. The van der Waals surface area contributed by atoms with Crippen LogP contribution in [0.5, 0.6) is 0 Å². The van der Waals surface area contributed by atoms with Crippen molar-refractivity contribution in [2.24, 2.45) is 0 Å². The lowest BCUT2D eigenvalue weighted by molar-refractivity contribution is 1.17. The van der Waals surface area contributed by atoms with E-state index in [2.05, 4.69) is 29.9 Å². The molecule has 2 heteroatoms. The number of nitrogens with zero attached hydrogens (tertiary/aromatic N) is 1. The predicted molar refractivity (Wildman–Crippen MR) is 50.3 cm³/mol. The summed E-state index contributed by atoms with van der Waals surface area (Å²) in [5, 5.41) is 1.23. The Hall–Kier alpha value is -1.31. The monoisotopic (exact) mass is 160 g/mol. The van der Waals surface area contributed by atoms with Crippen LogP contribution < -0.4 is 0 Å². The molecule has 0 bridgehead atoms. The summed E-state index contributed by atoms with van der Waals surface area (Å²) < 4.78 is 0. The van der Waals surface area contributed by atoms with Gasteiger partial charge in [-0.1, -0.05) is 0 Å². The summed E-state index contributed by atoms with van der Waals surface area (Å²) in [6.07, 6.45) is 2.00. The van der Waals surface area contributed by atoms with E-state index in [0.717, 1.165) is 11.3 Å². The van der Waals surface area contributed by atoms with E-state index >= 15 is 0 Å². The molecule has 2 heterocycles. The number of aryl methyl sites for hydroxylation is 3.